The molecule has 0 amide bonds. The Labute approximate surface area is 115 Å². The standard InChI is InChI=1S/C16H21N3/c1-11(14-5-3-4-13(6-14)7-17)19-10-15-8-18-9-16(15)12(19)2/h3-6,11-12,15-16,18H,8-10H2,1-2H3. The average Bonchev–Trinajstić information content (AvgIpc) is 3.01. The highest BCUT2D eigenvalue weighted by Crippen LogP contribution is 2.37. The van der Waals surface area contributed by atoms with Gasteiger partial charge >= 0.3 is 0 Å². The number of rotatable bonds is 2. The first-order valence-corrected chi connectivity index (χ1v) is 7.17. The van der Waals surface area contributed by atoms with Gasteiger partial charge in [0, 0.05) is 18.6 Å². The molecule has 2 heterocycles. The molecule has 1 N–H and O–H groups in total. The van der Waals surface area contributed by atoms with Gasteiger partial charge in [0.1, 0.15) is 0 Å². The molecule has 3 nitrogen and oxygen atoms in total. The van der Waals surface area contributed by atoms with Crippen LogP contribution in [0.1, 0.15) is 31.0 Å². The summed E-state index contributed by atoms with van der Waals surface area (Å²) in [5, 5.41) is 12.5. The Morgan fingerprint density at radius 1 is 1.42 bits per heavy atom. The largest absolute Gasteiger partial charge is 0.316 e. The molecule has 1 aromatic carbocycles. The first kappa shape index (κ1) is 12.7. The molecule has 0 aliphatic carbocycles. The quantitative estimate of drug-likeness (QED) is 0.880. The van der Waals surface area contributed by atoms with E-state index in [-0.39, 0.29) is 0 Å². The summed E-state index contributed by atoms with van der Waals surface area (Å²) >= 11 is 0. The van der Waals surface area contributed by atoms with Crippen LogP contribution in [0.4, 0.5) is 0 Å². The molecule has 3 heteroatoms. The van der Waals surface area contributed by atoms with Crippen molar-refractivity contribution >= 4 is 0 Å². The van der Waals surface area contributed by atoms with Crippen LogP contribution >= 0.6 is 0 Å². The Hall–Kier alpha value is -1.37. The SMILES string of the molecule is CC(c1cccc(C#N)c1)N1CC2CNCC2C1C. The molecular formula is C16H21N3. The van der Waals surface area contributed by atoms with Crippen molar-refractivity contribution in [1.82, 2.24) is 10.2 Å². The maximum absolute atomic E-state index is 9.02. The van der Waals surface area contributed by atoms with Gasteiger partial charge < -0.3 is 5.32 Å². The fourth-order valence-electron chi connectivity index (χ4n) is 3.77. The number of nitrogens with zero attached hydrogens (tertiary/aromatic N) is 2. The predicted octanol–water partition coefficient (Wildman–Crippen LogP) is 2.16. The number of nitriles is 1. The maximum Gasteiger partial charge on any atom is 0.0991 e. The van der Waals surface area contributed by atoms with E-state index >= 15 is 0 Å². The number of benzene rings is 1. The zero-order valence-electron chi connectivity index (χ0n) is 11.6. The van der Waals surface area contributed by atoms with E-state index in [0.717, 1.165) is 30.5 Å². The minimum absolute atomic E-state index is 0.397. The molecule has 100 valence electrons. The summed E-state index contributed by atoms with van der Waals surface area (Å²) in [5.74, 6) is 1.60. The van der Waals surface area contributed by atoms with Gasteiger partial charge in [-0.2, -0.15) is 5.26 Å². The van der Waals surface area contributed by atoms with Gasteiger partial charge in [-0.05, 0) is 56.5 Å². The Kier molecular flexibility index (Phi) is 3.30. The fourth-order valence-corrected chi connectivity index (χ4v) is 3.77. The number of nitrogens with one attached hydrogen (secondary N) is 1. The van der Waals surface area contributed by atoms with Crippen LogP contribution in [0, 0.1) is 23.2 Å². The number of fused-ring (bicyclic) bond motifs is 1. The summed E-state index contributed by atoms with van der Waals surface area (Å²) in [6.07, 6.45) is 0. The molecule has 2 aliphatic rings. The Morgan fingerprint density at radius 2 is 2.26 bits per heavy atom. The van der Waals surface area contributed by atoms with Crippen LogP contribution in [0.3, 0.4) is 0 Å². The van der Waals surface area contributed by atoms with E-state index in [0.29, 0.717) is 12.1 Å². The molecule has 0 saturated carbocycles. The van der Waals surface area contributed by atoms with Gasteiger partial charge in [-0.1, -0.05) is 12.1 Å². The fraction of sp³-hybridized carbons (Fsp3) is 0.562. The summed E-state index contributed by atoms with van der Waals surface area (Å²) in [6.45, 7) is 8.12. The van der Waals surface area contributed by atoms with Gasteiger partial charge in [0.15, 0.2) is 0 Å². The lowest BCUT2D eigenvalue weighted by Crippen LogP contribution is -2.35. The van der Waals surface area contributed by atoms with E-state index in [1.807, 2.05) is 18.2 Å². The van der Waals surface area contributed by atoms with Gasteiger partial charge in [0.25, 0.3) is 0 Å². The number of hydrogen-bond acceptors (Lipinski definition) is 3. The third-order valence-corrected chi connectivity index (χ3v) is 4.98. The first-order chi connectivity index (χ1) is 9.20. The average molecular weight is 255 g/mol. The molecule has 3 rings (SSSR count). The van der Waals surface area contributed by atoms with Gasteiger partial charge in [-0.15, -0.1) is 0 Å². The normalized spacial score (nSPS) is 31.9. The van der Waals surface area contributed by atoms with Crippen LogP contribution in [0.25, 0.3) is 0 Å². The molecule has 0 aromatic heterocycles. The molecule has 0 bridgehead atoms. The third kappa shape index (κ3) is 2.16. The van der Waals surface area contributed by atoms with Crippen LogP contribution in [0.2, 0.25) is 0 Å². The molecule has 0 radical (unpaired) electrons. The van der Waals surface area contributed by atoms with Crippen molar-refractivity contribution in [2.45, 2.75) is 25.9 Å². The van der Waals surface area contributed by atoms with Crippen molar-refractivity contribution in [1.29, 1.82) is 5.26 Å². The Balaban J connectivity index is 1.80. The van der Waals surface area contributed by atoms with Crippen molar-refractivity contribution in [2.24, 2.45) is 11.8 Å². The molecule has 0 spiro atoms. The molecule has 2 aliphatic heterocycles. The second kappa shape index (κ2) is 4.96. The van der Waals surface area contributed by atoms with Crippen molar-refractivity contribution in [3.63, 3.8) is 0 Å². The van der Waals surface area contributed by atoms with Gasteiger partial charge in [0.05, 0.1) is 11.6 Å². The second-order valence-corrected chi connectivity index (χ2v) is 5.93. The Morgan fingerprint density at radius 3 is 3.00 bits per heavy atom. The highest BCUT2D eigenvalue weighted by atomic mass is 15.2. The van der Waals surface area contributed by atoms with Crippen LogP contribution in [0.15, 0.2) is 24.3 Å². The summed E-state index contributed by atoms with van der Waals surface area (Å²) < 4.78 is 0. The highest BCUT2D eigenvalue weighted by molar-refractivity contribution is 5.34. The summed E-state index contributed by atoms with van der Waals surface area (Å²) in [4.78, 5) is 2.60. The lowest BCUT2D eigenvalue weighted by molar-refractivity contribution is 0.182. The molecule has 4 unspecified atom stereocenters. The second-order valence-electron chi connectivity index (χ2n) is 5.93. The highest BCUT2D eigenvalue weighted by Gasteiger charge is 2.43. The van der Waals surface area contributed by atoms with Crippen molar-refractivity contribution in [3.05, 3.63) is 35.4 Å². The van der Waals surface area contributed by atoms with E-state index in [2.05, 4.69) is 36.2 Å². The number of likely N-dealkylation sites (tertiary alicyclic amines) is 1. The van der Waals surface area contributed by atoms with E-state index in [1.165, 1.54) is 12.1 Å². The van der Waals surface area contributed by atoms with E-state index < -0.39 is 0 Å². The Bertz CT molecular complexity index is 505. The van der Waals surface area contributed by atoms with Crippen LogP contribution in [0.5, 0.6) is 0 Å². The van der Waals surface area contributed by atoms with Crippen LogP contribution in [-0.2, 0) is 0 Å². The minimum Gasteiger partial charge on any atom is -0.316 e. The van der Waals surface area contributed by atoms with Gasteiger partial charge in [-0.3, -0.25) is 4.90 Å². The number of hydrogen-bond donors (Lipinski definition) is 1. The van der Waals surface area contributed by atoms with Crippen molar-refractivity contribution in [2.75, 3.05) is 19.6 Å². The maximum atomic E-state index is 9.02. The first-order valence-electron chi connectivity index (χ1n) is 7.17. The molecule has 2 fully saturated rings. The summed E-state index contributed by atoms with van der Waals surface area (Å²) in [5.41, 5.74) is 2.02. The third-order valence-electron chi connectivity index (χ3n) is 4.98. The van der Waals surface area contributed by atoms with Crippen molar-refractivity contribution < 1.29 is 0 Å². The molecule has 4 atom stereocenters. The zero-order valence-corrected chi connectivity index (χ0v) is 11.6. The minimum atomic E-state index is 0.397. The van der Waals surface area contributed by atoms with Crippen molar-refractivity contribution in [3.8, 4) is 6.07 Å². The topological polar surface area (TPSA) is 39.1 Å². The lowest BCUT2D eigenvalue weighted by Gasteiger charge is -2.31. The predicted molar refractivity (Wildman–Crippen MR) is 75.6 cm³/mol. The van der Waals surface area contributed by atoms with E-state index in [9.17, 15) is 0 Å². The monoisotopic (exact) mass is 255 g/mol. The van der Waals surface area contributed by atoms with Crippen LogP contribution < -0.4 is 5.32 Å². The van der Waals surface area contributed by atoms with Gasteiger partial charge in [-0.25, -0.2) is 0 Å². The zero-order chi connectivity index (χ0) is 13.4. The van der Waals surface area contributed by atoms with E-state index in [4.69, 9.17) is 5.26 Å². The molecule has 19 heavy (non-hydrogen) atoms. The smallest absolute Gasteiger partial charge is 0.0991 e. The van der Waals surface area contributed by atoms with Gasteiger partial charge in [0.2, 0.25) is 0 Å². The summed E-state index contributed by atoms with van der Waals surface area (Å²) in [6, 6.07) is 11.3. The van der Waals surface area contributed by atoms with Crippen LogP contribution in [-0.4, -0.2) is 30.6 Å². The summed E-state index contributed by atoms with van der Waals surface area (Å²) in [7, 11) is 0. The lowest BCUT2D eigenvalue weighted by atomic mass is 9.95. The van der Waals surface area contributed by atoms with E-state index in [1.54, 1.807) is 0 Å². The molecular weight excluding hydrogens is 234 g/mol. The molecule has 2 saturated heterocycles. The molecule has 1 aromatic rings.